The number of benzene rings is 1. The van der Waals surface area contributed by atoms with Crippen LogP contribution < -0.4 is 10.7 Å². The van der Waals surface area contributed by atoms with E-state index in [0.717, 1.165) is 44.1 Å². The van der Waals surface area contributed by atoms with Crippen LogP contribution in [0.25, 0.3) is 0 Å². The molecule has 1 unspecified atom stereocenters. The van der Waals surface area contributed by atoms with Crippen LogP contribution in [-0.2, 0) is 11.3 Å². The summed E-state index contributed by atoms with van der Waals surface area (Å²) in [5.41, 5.74) is 4.66. The Labute approximate surface area is 185 Å². The van der Waals surface area contributed by atoms with Crippen LogP contribution in [-0.4, -0.2) is 34.4 Å². The van der Waals surface area contributed by atoms with Gasteiger partial charge in [-0.25, -0.2) is 5.01 Å². The molecule has 1 aliphatic carbocycles. The fourth-order valence-corrected chi connectivity index (χ4v) is 4.24. The molecule has 2 N–H and O–H groups in total. The average molecular weight is 423 g/mol. The van der Waals surface area contributed by atoms with Gasteiger partial charge in [0.25, 0.3) is 5.91 Å². The third-order valence-electron chi connectivity index (χ3n) is 5.95. The number of hydrazine groups is 1. The molecule has 1 saturated carbocycles. The topological polar surface area (TPSA) is 74.3 Å². The number of carbonyl (C=O) groups excluding carboxylic acids is 2. The summed E-state index contributed by atoms with van der Waals surface area (Å²) in [7, 11) is 0. The first-order valence-electron chi connectivity index (χ1n) is 11.5. The zero-order chi connectivity index (χ0) is 21.9. The summed E-state index contributed by atoms with van der Waals surface area (Å²) < 4.78 is 0. The van der Waals surface area contributed by atoms with Crippen molar-refractivity contribution in [3.63, 3.8) is 0 Å². The van der Waals surface area contributed by atoms with Gasteiger partial charge in [0.05, 0.1) is 0 Å². The van der Waals surface area contributed by atoms with Crippen molar-refractivity contribution in [2.75, 3.05) is 6.54 Å². The van der Waals surface area contributed by atoms with Crippen molar-refractivity contribution in [3.05, 3.63) is 66.0 Å². The second kappa shape index (κ2) is 12.2. The lowest BCUT2D eigenvalue weighted by atomic mass is 9.83. The van der Waals surface area contributed by atoms with Gasteiger partial charge in [-0.15, -0.1) is 0 Å². The highest BCUT2D eigenvalue weighted by Crippen LogP contribution is 2.29. The Morgan fingerprint density at radius 1 is 1.06 bits per heavy atom. The van der Waals surface area contributed by atoms with E-state index in [1.54, 1.807) is 24.5 Å². The number of rotatable bonds is 10. The molecule has 0 bridgehead atoms. The predicted octanol–water partition coefficient (Wildman–Crippen LogP) is 4.09. The maximum Gasteiger partial charge on any atom is 0.265 e. The largest absolute Gasteiger partial charge is 0.351 e. The van der Waals surface area contributed by atoms with E-state index in [9.17, 15) is 9.59 Å². The summed E-state index contributed by atoms with van der Waals surface area (Å²) in [6, 6.07) is 13.0. The first-order valence-corrected chi connectivity index (χ1v) is 11.5. The first kappa shape index (κ1) is 22.9. The molecular formula is C25H34N4O2. The Balaban J connectivity index is 1.78. The molecule has 0 aliphatic heterocycles. The molecule has 1 aromatic heterocycles. The van der Waals surface area contributed by atoms with Crippen molar-refractivity contribution in [2.24, 2.45) is 5.92 Å². The molecule has 2 aromatic rings. The minimum atomic E-state index is -0.374. The van der Waals surface area contributed by atoms with Gasteiger partial charge in [-0.3, -0.25) is 20.0 Å². The van der Waals surface area contributed by atoms with E-state index in [4.69, 9.17) is 0 Å². The van der Waals surface area contributed by atoms with Crippen LogP contribution >= 0.6 is 0 Å². The lowest BCUT2D eigenvalue weighted by Gasteiger charge is -2.37. The molecule has 1 aliphatic rings. The summed E-state index contributed by atoms with van der Waals surface area (Å²) in [6.07, 6.45) is 10.6. The van der Waals surface area contributed by atoms with Crippen LogP contribution in [0.5, 0.6) is 0 Å². The van der Waals surface area contributed by atoms with Crippen LogP contribution in [0, 0.1) is 5.92 Å². The number of hydrogen-bond donors (Lipinski definition) is 2. The average Bonchev–Trinajstić information content (AvgIpc) is 2.83. The molecule has 1 heterocycles. The monoisotopic (exact) mass is 422 g/mol. The van der Waals surface area contributed by atoms with Crippen LogP contribution in [0.15, 0.2) is 54.9 Å². The van der Waals surface area contributed by atoms with Gasteiger partial charge < -0.3 is 5.32 Å². The smallest absolute Gasteiger partial charge is 0.265 e. The summed E-state index contributed by atoms with van der Waals surface area (Å²) in [5.74, 6) is 0.0242. The molecule has 6 nitrogen and oxygen atoms in total. The molecule has 0 saturated heterocycles. The molecule has 1 aromatic carbocycles. The predicted molar refractivity (Wildman–Crippen MR) is 122 cm³/mol. The Hall–Kier alpha value is -2.73. The van der Waals surface area contributed by atoms with Crippen molar-refractivity contribution in [2.45, 2.75) is 64.5 Å². The van der Waals surface area contributed by atoms with Gasteiger partial charge in [-0.1, -0.05) is 62.9 Å². The van der Waals surface area contributed by atoms with Crippen molar-refractivity contribution in [1.82, 2.24) is 20.7 Å². The van der Waals surface area contributed by atoms with Gasteiger partial charge in [0.1, 0.15) is 6.04 Å². The summed E-state index contributed by atoms with van der Waals surface area (Å²) in [5, 5.41) is 5.02. The maximum atomic E-state index is 13.4. The zero-order valence-electron chi connectivity index (χ0n) is 18.4. The lowest BCUT2D eigenvalue weighted by molar-refractivity contribution is -0.130. The third kappa shape index (κ3) is 6.89. The Kier molecular flexibility index (Phi) is 9.03. The highest BCUT2D eigenvalue weighted by molar-refractivity contribution is 5.94. The van der Waals surface area contributed by atoms with E-state index in [1.807, 2.05) is 35.3 Å². The van der Waals surface area contributed by atoms with Crippen LogP contribution in [0.3, 0.4) is 0 Å². The Bertz CT molecular complexity index is 807. The van der Waals surface area contributed by atoms with Gasteiger partial charge >= 0.3 is 0 Å². The number of nitrogens with one attached hydrogen (secondary N) is 2. The molecule has 6 heteroatoms. The van der Waals surface area contributed by atoms with E-state index < -0.39 is 0 Å². The molecule has 3 rings (SSSR count). The number of carbonyl (C=O) groups is 2. The normalized spacial score (nSPS) is 15.4. The molecule has 2 amide bonds. The number of unbranched alkanes of at least 4 members (excludes halogenated alkanes) is 1. The summed E-state index contributed by atoms with van der Waals surface area (Å²) in [4.78, 5) is 30.3. The zero-order valence-corrected chi connectivity index (χ0v) is 18.4. The quantitative estimate of drug-likeness (QED) is 0.566. The van der Waals surface area contributed by atoms with Crippen LogP contribution in [0.2, 0.25) is 0 Å². The molecule has 0 spiro atoms. The van der Waals surface area contributed by atoms with E-state index in [1.165, 1.54) is 6.42 Å². The minimum Gasteiger partial charge on any atom is -0.351 e. The maximum absolute atomic E-state index is 13.4. The molecular weight excluding hydrogens is 388 g/mol. The number of amides is 2. The lowest BCUT2D eigenvalue weighted by Crippen LogP contribution is -2.58. The van der Waals surface area contributed by atoms with Crippen molar-refractivity contribution >= 4 is 11.8 Å². The number of aromatic nitrogens is 1. The third-order valence-corrected chi connectivity index (χ3v) is 5.95. The van der Waals surface area contributed by atoms with E-state index in [2.05, 4.69) is 22.7 Å². The highest BCUT2D eigenvalue weighted by atomic mass is 16.2. The SMILES string of the molecule is CCCCN(NC(=O)c1ccncc1)C(C(=O)NCc1ccccc1)C1CCCCC1. The fourth-order valence-electron chi connectivity index (χ4n) is 4.24. The molecule has 1 atom stereocenters. The van der Waals surface area contributed by atoms with E-state index in [0.29, 0.717) is 18.7 Å². The minimum absolute atomic E-state index is 0.0121. The second-order valence-electron chi connectivity index (χ2n) is 8.27. The molecule has 166 valence electrons. The number of nitrogens with zero attached hydrogens (tertiary/aromatic N) is 2. The number of hydrogen-bond acceptors (Lipinski definition) is 4. The number of pyridine rings is 1. The fraction of sp³-hybridized carbons (Fsp3) is 0.480. The van der Waals surface area contributed by atoms with Gasteiger partial charge in [0.2, 0.25) is 5.91 Å². The van der Waals surface area contributed by atoms with Crippen molar-refractivity contribution < 1.29 is 9.59 Å². The second-order valence-corrected chi connectivity index (χ2v) is 8.27. The Morgan fingerprint density at radius 3 is 2.45 bits per heavy atom. The van der Waals surface area contributed by atoms with Crippen molar-refractivity contribution in [3.8, 4) is 0 Å². The molecule has 31 heavy (non-hydrogen) atoms. The van der Waals surface area contributed by atoms with Crippen molar-refractivity contribution in [1.29, 1.82) is 0 Å². The highest BCUT2D eigenvalue weighted by Gasteiger charge is 2.35. The van der Waals surface area contributed by atoms with E-state index in [-0.39, 0.29) is 23.8 Å². The summed E-state index contributed by atoms with van der Waals surface area (Å²) >= 11 is 0. The van der Waals surface area contributed by atoms with Crippen LogP contribution in [0.1, 0.15) is 67.8 Å². The summed E-state index contributed by atoms with van der Waals surface area (Å²) in [6.45, 7) is 3.25. The first-order chi connectivity index (χ1) is 15.2. The van der Waals surface area contributed by atoms with Gasteiger partial charge in [-0.05, 0) is 42.9 Å². The van der Waals surface area contributed by atoms with Gasteiger partial charge in [0.15, 0.2) is 0 Å². The standard InChI is InChI=1S/C25H34N4O2/c1-2-3-18-29(28-24(30)22-14-16-26-17-15-22)23(21-12-8-5-9-13-21)25(31)27-19-20-10-6-4-7-11-20/h4,6-7,10-11,14-17,21,23H,2-3,5,8-9,12-13,18-19H2,1H3,(H,27,31)(H,28,30). The molecule has 1 fully saturated rings. The van der Waals surface area contributed by atoms with Crippen LogP contribution in [0.4, 0.5) is 0 Å². The van der Waals surface area contributed by atoms with Gasteiger partial charge in [0, 0.05) is 31.0 Å². The Morgan fingerprint density at radius 2 is 1.77 bits per heavy atom. The van der Waals surface area contributed by atoms with E-state index >= 15 is 0 Å². The molecule has 0 radical (unpaired) electrons. The van der Waals surface area contributed by atoms with Gasteiger partial charge in [-0.2, -0.15) is 0 Å².